The number of nitrogens with zero attached hydrogens (tertiary/aromatic N) is 2. The first kappa shape index (κ1) is 14.6. The smallest absolute Gasteiger partial charge is 0.146 e. The summed E-state index contributed by atoms with van der Waals surface area (Å²) in [5.74, 6) is 1.50. The number of nitrogens with one attached hydrogen (secondary N) is 2. The van der Waals surface area contributed by atoms with Gasteiger partial charge in [0, 0.05) is 24.6 Å². The van der Waals surface area contributed by atoms with Crippen molar-refractivity contribution >= 4 is 18.8 Å². The van der Waals surface area contributed by atoms with E-state index < -0.39 is 0 Å². The second kappa shape index (κ2) is 6.47. The van der Waals surface area contributed by atoms with Crippen LogP contribution in [0.1, 0.15) is 34.1 Å². The van der Waals surface area contributed by atoms with Crippen molar-refractivity contribution in [3.63, 3.8) is 0 Å². The van der Waals surface area contributed by atoms with Gasteiger partial charge in [-0.1, -0.05) is 27.7 Å². The number of allylic oxidation sites excluding steroid dienone is 1. The van der Waals surface area contributed by atoms with Crippen molar-refractivity contribution in [1.29, 1.82) is 5.41 Å². The average molecular weight is 248 g/mol. The molecule has 0 aromatic heterocycles. The highest BCUT2D eigenvalue weighted by Gasteiger charge is 2.29. The van der Waals surface area contributed by atoms with Gasteiger partial charge in [-0.2, -0.15) is 0 Å². The molecule has 0 aliphatic carbocycles. The molecule has 0 bridgehead atoms. The molecular formula is C14H24N4. The van der Waals surface area contributed by atoms with E-state index in [1.165, 1.54) is 0 Å². The molecule has 1 heterocycles. The van der Waals surface area contributed by atoms with E-state index in [0.717, 1.165) is 18.7 Å². The van der Waals surface area contributed by atoms with Crippen molar-refractivity contribution in [3.05, 3.63) is 11.4 Å². The highest BCUT2D eigenvalue weighted by Crippen LogP contribution is 2.32. The molecule has 0 amide bonds. The van der Waals surface area contributed by atoms with Gasteiger partial charge in [0.05, 0.1) is 5.70 Å². The largest absolute Gasteiger partial charge is 0.369 e. The van der Waals surface area contributed by atoms with Crippen LogP contribution in [0.2, 0.25) is 0 Å². The Hall–Kier alpha value is -1.45. The van der Waals surface area contributed by atoms with Crippen LogP contribution in [0.3, 0.4) is 0 Å². The molecule has 2 unspecified atom stereocenters. The van der Waals surface area contributed by atoms with Crippen molar-refractivity contribution in [1.82, 2.24) is 5.32 Å². The zero-order valence-electron chi connectivity index (χ0n) is 11.8. The van der Waals surface area contributed by atoms with Gasteiger partial charge in [-0.3, -0.25) is 15.4 Å². The lowest BCUT2D eigenvalue weighted by Gasteiger charge is -2.29. The van der Waals surface area contributed by atoms with E-state index in [-0.39, 0.29) is 5.92 Å². The average Bonchev–Trinajstić information content (AvgIpc) is 2.34. The molecule has 0 saturated heterocycles. The quantitative estimate of drug-likeness (QED) is 0.570. The Balaban J connectivity index is 2.96. The van der Waals surface area contributed by atoms with E-state index >= 15 is 0 Å². The van der Waals surface area contributed by atoms with E-state index in [2.05, 4.69) is 49.7 Å². The number of hydrogen-bond donors (Lipinski definition) is 2. The predicted octanol–water partition coefficient (Wildman–Crippen LogP) is 2.87. The molecule has 0 radical (unpaired) electrons. The van der Waals surface area contributed by atoms with Crippen molar-refractivity contribution in [3.8, 4) is 0 Å². The van der Waals surface area contributed by atoms with Crippen LogP contribution in [-0.4, -0.2) is 25.3 Å². The highest BCUT2D eigenvalue weighted by molar-refractivity contribution is 5.98. The third-order valence-electron chi connectivity index (χ3n) is 3.36. The minimum atomic E-state index is 0.263. The molecule has 0 aromatic carbocycles. The van der Waals surface area contributed by atoms with Gasteiger partial charge in [0.1, 0.15) is 11.5 Å². The number of rotatable bonds is 5. The maximum atomic E-state index is 8.01. The maximum Gasteiger partial charge on any atom is 0.146 e. The van der Waals surface area contributed by atoms with Gasteiger partial charge in [-0.05, 0) is 19.1 Å². The van der Waals surface area contributed by atoms with Crippen molar-refractivity contribution in [2.45, 2.75) is 34.1 Å². The standard InChI is InChI=1S/C14H24N4/c1-6-7-17-14(15)13-12(16-5)10(4)11(8-18-13)9(2)3/h8-11H,5-7H2,1-4H3,(H2,15,17). The van der Waals surface area contributed by atoms with Crippen LogP contribution in [-0.2, 0) is 0 Å². The van der Waals surface area contributed by atoms with Gasteiger partial charge >= 0.3 is 0 Å². The Bertz CT molecular complexity index is 379. The number of hydrogen-bond acceptors (Lipinski definition) is 3. The summed E-state index contributed by atoms with van der Waals surface area (Å²) in [5, 5.41) is 11.1. The molecular weight excluding hydrogens is 224 g/mol. The SMILES string of the molecule is C=NC1=C(C(=N)NCCC)N=CC(C(C)C)C1C. The van der Waals surface area contributed by atoms with Gasteiger partial charge in [0.25, 0.3) is 0 Å². The Kier molecular flexibility index (Phi) is 5.25. The molecule has 0 fully saturated rings. The second-order valence-corrected chi connectivity index (χ2v) is 5.08. The lowest BCUT2D eigenvalue weighted by molar-refractivity contribution is 0.395. The predicted molar refractivity (Wildman–Crippen MR) is 78.6 cm³/mol. The number of amidine groups is 1. The zero-order chi connectivity index (χ0) is 13.7. The fourth-order valence-electron chi connectivity index (χ4n) is 2.25. The van der Waals surface area contributed by atoms with Crippen LogP contribution in [0.5, 0.6) is 0 Å². The van der Waals surface area contributed by atoms with Crippen molar-refractivity contribution in [2.24, 2.45) is 27.7 Å². The molecule has 2 atom stereocenters. The second-order valence-electron chi connectivity index (χ2n) is 5.08. The molecule has 0 aromatic rings. The van der Waals surface area contributed by atoms with Gasteiger partial charge in [0.2, 0.25) is 0 Å². The van der Waals surface area contributed by atoms with E-state index in [9.17, 15) is 0 Å². The zero-order valence-corrected chi connectivity index (χ0v) is 11.8. The third-order valence-corrected chi connectivity index (χ3v) is 3.36. The Morgan fingerprint density at radius 2 is 2.28 bits per heavy atom. The van der Waals surface area contributed by atoms with E-state index in [1.54, 1.807) is 0 Å². The van der Waals surface area contributed by atoms with Gasteiger partial charge in [-0.15, -0.1) is 0 Å². The first-order chi connectivity index (χ1) is 8.52. The van der Waals surface area contributed by atoms with Gasteiger partial charge in [-0.25, -0.2) is 0 Å². The van der Waals surface area contributed by atoms with E-state index in [0.29, 0.717) is 23.4 Å². The Labute approximate surface area is 110 Å². The van der Waals surface area contributed by atoms with Crippen LogP contribution in [0.25, 0.3) is 0 Å². The molecule has 1 aliphatic heterocycles. The molecule has 18 heavy (non-hydrogen) atoms. The first-order valence-corrected chi connectivity index (χ1v) is 6.60. The van der Waals surface area contributed by atoms with Crippen LogP contribution in [0.15, 0.2) is 21.4 Å². The van der Waals surface area contributed by atoms with Crippen LogP contribution in [0, 0.1) is 23.2 Å². The summed E-state index contributed by atoms with van der Waals surface area (Å²) >= 11 is 0. The summed E-state index contributed by atoms with van der Waals surface area (Å²) in [6.45, 7) is 13.0. The summed E-state index contributed by atoms with van der Waals surface area (Å²) in [7, 11) is 0. The number of aliphatic imine (C=N–C) groups is 2. The molecule has 2 N–H and O–H groups in total. The molecule has 1 aliphatic rings. The summed E-state index contributed by atoms with van der Waals surface area (Å²) < 4.78 is 0. The van der Waals surface area contributed by atoms with Crippen LogP contribution >= 0.6 is 0 Å². The lowest BCUT2D eigenvalue weighted by atomic mass is 9.81. The molecule has 4 nitrogen and oxygen atoms in total. The van der Waals surface area contributed by atoms with Gasteiger partial charge < -0.3 is 5.32 Å². The van der Waals surface area contributed by atoms with E-state index in [1.807, 2.05) is 6.21 Å². The third kappa shape index (κ3) is 3.06. The maximum absolute atomic E-state index is 8.01. The fraction of sp³-hybridized carbons (Fsp3) is 0.643. The van der Waals surface area contributed by atoms with Gasteiger partial charge in [0.15, 0.2) is 0 Å². The molecule has 0 spiro atoms. The Morgan fingerprint density at radius 3 is 2.78 bits per heavy atom. The van der Waals surface area contributed by atoms with Crippen LogP contribution < -0.4 is 5.32 Å². The molecule has 4 heteroatoms. The van der Waals surface area contributed by atoms with Crippen LogP contribution in [0.4, 0.5) is 0 Å². The summed E-state index contributed by atoms with van der Waals surface area (Å²) in [6.07, 6.45) is 2.95. The fourth-order valence-corrected chi connectivity index (χ4v) is 2.25. The highest BCUT2D eigenvalue weighted by atomic mass is 15.0. The lowest BCUT2D eigenvalue weighted by Crippen LogP contribution is -2.31. The van der Waals surface area contributed by atoms with E-state index in [4.69, 9.17) is 5.41 Å². The molecule has 0 saturated carbocycles. The van der Waals surface area contributed by atoms with Crippen molar-refractivity contribution < 1.29 is 0 Å². The summed E-state index contributed by atoms with van der Waals surface area (Å²) in [4.78, 5) is 8.53. The Morgan fingerprint density at radius 1 is 1.61 bits per heavy atom. The topological polar surface area (TPSA) is 60.6 Å². The normalized spacial score (nSPS) is 23.4. The summed E-state index contributed by atoms with van der Waals surface area (Å²) in [5.41, 5.74) is 1.48. The minimum absolute atomic E-state index is 0.263. The minimum Gasteiger partial charge on any atom is -0.369 e. The first-order valence-electron chi connectivity index (χ1n) is 6.60. The molecule has 1 rings (SSSR count). The van der Waals surface area contributed by atoms with Crippen molar-refractivity contribution in [2.75, 3.05) is 6.54 Å². The monoisotopic (exact) mass is 248 g/mol. The molecule has 100 valence electrons. The summed E-state index contributed by atoms with van der Waals surface area (Å²) in [6, 6.07) is 0.